The quantitative estimate of drug-likeness (QED) is 0.425. The van der Waals surface area contributed by atoms with Gasteiger partial charge >= 0.3 is 0 Å². The molecule has 5 N–H and O–H groups in total. The van der Waals surface area contributed by atoms with Gasteiger partial charge in [-0.05, 0) is 50.6 Å². The number of hydrogen-bond donors (Lipinski definition) is 5. The molecule has 0 unspecified atom stereocenters. The molecule has 0 radical (unpaired) electrons. The van der Waals surface area contributed by atoms with Gasteiger partial charge < -0.3 is 26.0 Å². The standard InChI is InChI=1S/C13H26N2O3/c16-7-11(8-17)15-13(10-5-12(18)6-10)9-1-3-14-4-2-9/h9-18H,1-8H2/t10?,12?,13-/m0/s1. The molecule has 1 aliphatic heterocycles. The first-order chi connectivity index (χ1) is 8.74. The van der Waals surface area contributed by atoms with E-state index in [9.17, 15) is 15.3 Å². The molecule has 1 saturated carbocycles. The van der Waals surface area contributed by atoms with Crippen molar-refractivity contribution in [2.75, 3.05) is 26.3 Å². The van der Waals surface area contributed by atoms with Gasteiger partial charge in [0.25, 0.3) is 0 Å². The second kappa shape index (κ2) is 6.82. The van der Waals surface area contributed by atoms with E-state index in [-0.39, 0.29) is 25.4 Å². The van der Waals surface area contributed by atoms with Crippen LogP contribution < -0.4 is 10.6 Å². The van der Waals surface area contributed by atoms with Gasteiger partial charge in [0.05, 0.1) is 25.4 Å². The zero-order chi connectivity index (χ0) is 13.0. The lowest BCUT2D eigenvalue weighted by atomic mass is 9.71. The van der Waals surface area contributed by atoms with Gasteiger partial charge in [-0.15, -0.1) is 0 Å². The molecule has 1 heterocycles. The van der Waals surface area contributed by atoms with E-state index in [0.717, 1.165) is 38.8 Å². The zero-order valence-corrected chi connectivity index (χ0v) is 10.9. The molecular weight excluding hydrogens is 232 g/mol. The highest BCUT2D eigenvalue weighted by Gasteiger charge is 2.38. The van der Waals surface area contributed by atoms with E-state index in [1.54, 1.807) is 0 Å². The maximum atomic E-state index is 9.48. The van der Waals surface area contributed by atoms with E-state index in [2.05, 4.69) is 10.6 Å². The Morgan fingerprint density at radius 3 is 2.17 bits per heavy atom. The molecular formula is C13H26N2O3. The van der Waals surface area contributed by atoms with Crippen LogP contribution >= 0.6 is 0 Å². The van der Waals surface area contributed by atoms with Crippen molar-refractivity contribution >= 4 is 0 Å². The lowest BCUT2D eigenvalue weighted by Gasteiger charge is -2.44. The van der Waals surface area contributed by atoms with E-state index < -0.39 is 0 Å². The highest BCUT2D eigenvalue weighted by molar-refractivity contribution is 4.94. The summed E-state index contributed by atoms with van der Waals surface area (Å²) >= 11 is 0. The van der Waals surface area contributed by atoms with Gasteiger partial charge in [0.1, 0.15) is 0 Å². The number of rotatable bonds is 6. The normalized spacial score (nSPS) is 31.3. The summed E-state index contributed by atoms with van der Waals surface area (Å²) in [6, 6.07) is 0.0856. The second-order valence-electron chi connectivity index (χ2n) is 5.73. The summed E-state index contributed by atoms with van der Waals surface area (Å²) in [6.45, 7) is 2.02. The molecule has 0 aromatic rings. The summed E-state index contributed by atoms with van der Waals surface area (Å²) in [6.07, 6.45) is 3.82. The van der Waals surface area contributed by atoms with Crippen LogP contribution in [-0.4, -0.2) is 59.8 Å². The van der Waals surface area contributed by atoms with Crippen LogP contribution in [0.15, 0.2) is 0 Å². The van der Waals surface area contributed by atoms with Crippen molar-refractivity contribution in [2.24, 2.45) is 11.8 Å². The van der Waals surface area contributed by atoms with E-state index in [4.69, 9.17) is 0 Å². The molecule has 1 atom stereocenters. The minimum atomic E-state index is -0.234. The summed E-state index contributed by atoms with van der Waals surface area (Å²) in [7, 11) is 0. The van der Waals surface area contributed by atoms with Gasteiger partial charge in [-0.25, -0.2) is 0 Å². The van der Waals surface area contributed by atoms with Gasteiger partial charge in [-0.3, -0.25) is 0 Å². The molecule has 5 nitrogen and oxygen atoms in total. The summed E-state index contributed by atoms with van der Waals surface area (Å²) in [5.41, 5.74) is 0. The van der Waals surface area contributed by atoms with Gasteiger partial charge in [0.2, 0.25) is 0 Å². The first-order valence-corrected chi connectivity index (χ1v) is 7.11. The molecule has 18 heavy (non-hydrogen) atoms. The summed E-state index contributed by atoms with van der Waals surface area (Å²) in [5.74, 6) is 1.08. The summed E-state index contributed by atoms with van der Waals surface area (Å²) in [5, 5.41) is 34.7. The molecule has 1 aliphatic carbocycles. The molecule has 106 valence electrons. The lowest BCUT2D eigenvalue weighted by Crippen LogP contribution is -2.55. The number of aliphatic hydroxyl groups is 3. The second-order valence-corrected chi connectivity index (χ2v) is 5.73. The molecule has 1 saturated heterocycles. The fourth-order valence-corrected chi connectivity index (χ4v) is 3.22. The highest BCUT2D eigenvalue weighted by atomic mass is 16.3. The van der Waals surface area contributed by atoms with E-state index in [0.29, 0.717) is 17.9 Å². The maximum Gasteiger partial charge on any atom is 0.0607 e. The van der Waals surface area contributed by atoms with Gasteiger partial charge in [0, 0.05) is 6.04 Å². The molecule has 0 bridgehead atoms. The van der Waals surface area contributed by atoms with E-state index in [1.807, 2.05) is 0 Å². The van der Waals surface area contributed by atoms with Gasteiger partial charge in [-0.2, -0.15) is 0 Å². The Morgan fingerprint density at radius 2 is 1.67 bits per heavy atom. The topological polar surface area (TPSA) is 84.8 Å². The first-order valence-electron chi connectivity index (χ1n) is 7.11. The lowest BCUT2D eigenvalue weighted by molar-refractivity contribution is 0.00150. The number of piperidine rings is 1. The Hall–Kier alpha value is -0.200. The van der Waals surface area contributed by atoms with Crippen molar-refractivity contribution in [3.63, 3.8) is 0 Å². The smallest absolute Gasteiger partial charge is 0.0607 e. The van der Waals surface area contributed by atoms with E-state index >= 15 is 0 Å². The molecule has 0 spiro atoms. The van der Waals surface area contributed by atoms with Crippen LogP contribution in [0.5, 0.6) is 0 Å². The minimum Gasteiger partial charge on any atom is -0.395 e. The van der Waals surface area contributed by atoms with Crippen molar-refractivity contribution in [1.82, 2.24) is 10.6 Å². The molecule has 2 rings (SSSR count). The molecule has 5 heteroatoms. The molecule has 0 aromatic heterocycles. The molecule has 2 aliphatic rings. The average Bonchev–Trinajstić information content (AvgIpc) is 2.38. The number of nitrogens with one attached hydrogen (secondary N) is 2. The van der Waals surface area contributed by atoms with Crippen LogP contribution in [0.2, 0.25) is 0 Å². The molecule has 0 aromatic carbocycles. The molecule has 2 fully saturated rings. The zero-order valence-electron chi connectivity index (χ0n) is 10.9. The van der Waals surface area contributed by atoms with Crippen LogP contribution in [0.3, 0.4) is 0 Å². The minimum absolute atomic E-state index is 0.0345. The van der Waals surface area contributed by atoms with Crippen molar-refractivity contribution in [1.29, 1.82) is 0 Å². The fraction of sp³-hybridized carbons (Fsp3) is 1.00. The van der Waals surface area contributed by atoms with E-state index in [1.165, 1.54) is 0 Å². The van der Waals surface area contributed by atoms with Crippen LogP contribution in [0.25, 0.3) is 0 Å². The van der Waals surface area contributed by atoms with Crippen LogP contribution in [-0.2, 0) is 0 Å². The Bertz CT molecular complexity index is 236. The highest BCUT2D eigenvalue weighted by Crippen LogP contribution is 2.35. The largest absolute Gasteiger partial charge is 0.395 e. The monoisotopic (exact) mass is 258 g/mol. The molecule has 0 amide bonds. The van der Waals surface area contributed by atoms with Crippen molar-refractivity contribution in [3.05, 3.63) is 0 Å². The van der Waals surface area contributed by atoms with Crippen molar-refractivity contribution < 1.29 is 15.3 Å². The summed E-state index contributed by atoms with van der Waals surface area (Å²) < 4.78 is 0. The fourth-order valence-electron chi connectivity index (χ4n) is 3.22. The summed E-state index contributed by atoms with van der Waals surface area (Å²) in [4.78, 5) is 0. The maximum absolute atomic E-state index is 9.48. The van der Waals surface area contributed by atoms with Crippen LogP contribution in [0.4, 0.5) is 0 Å². The first kappa shape index (κ1) is 14.2. The predicted molar refractivity (Wildman–Crippen MR) is 69.2 cm³/mol. The van der Waals surface area contributed by atoms with Crippen LogP contribution in [0.1, 0.15) is 25.7 Å². The number of aliphatic hydroxyl groups excluding tert-OH is 3. The Labute approximate surface area is 109 Å². The third-order valence-corrected chi connectivity index (χ3v) is 4.42. The Morgan fingerprint density at radius 1 is 1.06 bits per heavy atom. The van der Waals surface area contributed by atoms with Crippen molar-refractivity contribution in [2.45, 2.75) is 43.9 Å². The SMILES string of the molecule is OCC(CO)N[C@@H](C1CCNCC1)C1CC(O)C1. The predicted octanol–water partition coefficient (Wildman–Crippen LogP) is -0.932. The average molecular weight is 258 g/mol. The third kappa shape index (κ3) is 3.42. The van der Waals surface area contributed by atoms with Gasteiger partial charge in [0.15, 0.2) is 0 Å². The van der Waals surface area contributed by atoms with Gasteiger partial charge in [-0.1, -0.05) is 0 Å². The Kier molecular flexibility index (Phi) is 5.38. The van der Waals surface area contributed by atoms with Crippen molar-refractivity contribution in [3.8, 4) is 0 Å². The Balaban J connectivity index is 1.93. The third-order valence-electron chi connectivity index (χ3n) is 4.42. The number of hydrogen-bond acceptors (Lipinski definition) is 5. The van der Waals surface area contributed by atoms with Crippen LogP contribution in [0, 0.1) is 11.8 Å².